The van der Waals surface area contributed by atoms with E-state index in [1.165, 1.54) is 19.3 Å². The number of hydrogen-bond acceptors (Lipinski definition) is 4. The van der Waals surface area contributed by atoms with Crippen LogP contribution >= 0.6 is 0 Å². The Balaban J connectivity index is 2.03. The lowest BCUT2D eigenvalue weighted by Crippen LogP contribution is -2.10. The van der Waals surface area contributed by atoms with E-state index in [4.69, 9.17) is 10.5 Å². The van der Waals surface area contributed by atoms with Gasteiger partial charge < -0.3 is 15.8 Å². The van der Waals surface area contributed by atoms with Crippen LogP contribution in [0, 0.1) is 5.92 Å². The summed E-state index contributed by atoms with van der Waals surface area (Å²) in [7, 11) is 0. The maximum Gasteiger partial charge on any atom is 0.340 e. The second-order valence-corrected chi connectivity index (χ2v) is 5.06. The molecule has 1 aliphatic rings. The van der Waals surface area contributed by atoms with Gasteiger partial charge in [0.15, 0.2) is 0 Å². The molecule has 1 saturated carbocycles. The van der Waals surface area contributed by atoms with Gasteiger partial charge in [0.2, 0.25) is 0 Å². The Morgan fingerprint density at radius 3 is 2.95 bits per heavy atom. The van der Waals surface area contributed by atoms with Crippen LogP contribution in [0.15, 0.2) is 18.2 Å². The average molecular weight is 262 g/mol. The van der Waals surface area contributed by atoms with E-state index in [0.717, 1.165) is 11.6 Å². The number of nitrogen functional groups attached to an aromatic ring is 1. The van der Waals surface area contributed by atoms with Crippen LogP contribution in [0.2, 0.25) is 0 Å². The van der Waals surface area contributed by atoms with Crippen LogP contribution in [0.3, 0.4) is 0 Å². The van der Waals surface area contributed by atoms with Crippen molar-refractivity contribution in [3.05, 3.63) is 23.8 Å². The molecule has 4 nitrogen and oxygen atoms in total. The lowest BCUT2D eigenvalue weighted by Gasteiger charge is -2.10. The molecule has 0 aliphatic heterocycles. The fourth-order valence-electron chi connectivity index (χ4n) is 2.36. The maximum atomic E-state index is 11.8. The minimum Gasteiger partial charge on any atom is -0.462 e. The molecule has 1 aromatic rings. The number of benzene rings is 1. The van der Waals surface area contributed by atoms with Gasteiger partial charge in [0.05, 0.1) is 12.2 Å². The third-order valence-electron chi connectivity index (χ3n) is 3.48. The summed E-state index contributed by atoms with van der Waals surface area (Å²) in [5, 5.41) is 3.45. The Bertz CT molecular complexity index is 459. The zero-order valence-corrected chi connectivity index (χ0v) is 11.6. The highest BCUT2D eigenvalue weighted by Gasteiger charge is 2.35. The molecule has 0 amide bonds. The van der Waals surface area contributed by atoms with Crippen molar-refractivity contribution in [2.24, 2.45) is 5.92 Å². The van der Waals surface area contributed by atoms with Gasteiger partial charge in [0, 0.05) is 17.4 Å². The molecule has 1 aliphatic carbocycles. The predicted octanol–water partition coefficient (Wildman–Crippen LogP) is 3.05. The first-order valence-corrected chi connectivity index (χ1v) is 6.98. The van der Waals surface area contributed by atoms with E-state index in [0.29, 0.717) is 23.9 Å². The third kappa shape index (κ3) is 3.40. The number of ether oxygens (including phenoxy) is 1. The molecule has 0 spiro atoms. The molecule has 1 fully saturated rings. The predicted molar refractivity (Wildman–Crippen MR) is 77.2 cm³/mol. The minimum absolute atomic E-state index is 0.357. The number of nitrogens with one attached hydrogen (secondary N) is 1. The zero-order valence-electron chi connectivity index (χ0n) is 11.6. The fourth-order valence-corrected chi connectivity index (χ4v) is 2.36. The maximum absolute atomic E-state index is 11.8. The molecule has 0 aromatic heterocycles. The van der Waals surface area contributed by atoms with Crippen molar-refractivity contribution in [1.29, 1.82) is 0 Å². The van der Waals surface area contributed by atoms with Crippen LogP contribution in [0.5, 0.6) is 0 Å². The van der Waals surface area contributed by atoms with Gasteiger partial charge in [-0.1, -0.05) is 13.3 Å². The lowest BCUT2D eigenvalue weighted by molar-refractivity contribution is 0.0527. The number of esters is 1. The van der Waals surface area contributed by atoms with Crippen molar-refractivity contribution < 1.29 is 9.53 Å². The smallest absolute Gasteiger partial charge is 0.340 e. The summed E-state index contributed by atoms with van der Waals surface area (Å²) in [4.78, 5) is 11.8. The zero-order chi connectivity index (χ0) is 13.8. The molecule has 4 heteroatoms. The Morgan fingerprint density at radius 1 is 1.47 bits per heavy atom. The standard InChI is InChI=1S/C15H22N2O2/c1-3-5-10-8-14(10)17-11-6-7-13(16)12(9-11)15(18)19-4-2/h6-7,9-10,14,17H,3-5,8,16H2,1-2H3. The molecule has 2 atom stereocenters. The number of nitrogens with two attached hydrogens (primary N) is 1. The summed E-state index contributed by atoms with van der Waals surface area (Å²) in [5.41, 5.74) is 7.67. The van der Waals surface area contributed by atoms with E-state index in [-0.39, 0.29) is 5.97 Å². The number of hydrogen-bond donors (Lipinski definition) is 2. The van der Waals surface area contributed by atoms with E-state index >= 15 is 0 Å². The van der Waals surface area contributed by atoms with Crippen LogP contribution in [0.25, 0.3) is 0 Å². The Kier molecular flexibility index (Phi) is 4.30. The first kappa shape index (κ1) is 13.7. The molecule has 19 heavy (non-hydrogen) atoms. The number of carbonyl (C=O) groups excluding carboxylic acids is 1. The van der Waals surface area contributed by atoms with Gasteiger partial charge in [0.25, 0.3) is 0 Å². The highest BCUT2D eigenvalue weighted by atomic mass is 16.5. The molecular formula is C15H22N2O2. The van der Waals surface area contributed by atoms with Crippen LogP contribution in [0.1, 0.15) is 43.5 Å². The fraction of sp³-hybridized carbons (Fsp3) is 0.533. The summed E-state index contributed by atoms with van der Waals surface area (Å²) in [6, 6.07) is 6.00. The number of carbonyl (C=O) groups is 1. The van der Waals surface area contributed by atoms with Crippen LogP contribution < -0.4 is 11.1 Å². The Morgan fingerprint density at radius 2 is 2.26 bits per heavy atom. The van der Waals surface area contributed by atoms with E-state index in [1.54, 1.807) is 19.1 Å². The molecular weight excluding hydrogens is 240 g/mol. The van der Waals surface area contributed by atoms with Gasteiger partial charge >= 0.3 is 5.97 Å². The molecule has 104 valence electrons. The van der Waals surface area contributed by atoms with Crippen LogP contribution in [-0.4, -0.2) is 18.6 Å². The van der Waals surface area contributed by atoms with Crippen molar-refractivity contribution in [3.8, 4) is 0 Å². The highest BCUT2D eigenvalue weighted by molar-refractivity contribution is 5.96. The first-order chi connectivity index (χ1) is 9.15. The summed E-state index contributed by atoms with van der Waals surface area (Å²) >= 11 is 0. The van der Waals surface area contributed by atoms with Crippen molar-refractivity contribution in [3.63, 3.8) is 0 Å². The average Bonchev–Trinajstić information content (AvgIpc) is 3.10. The largest absolute Gasteiger partial charge is 0.462 e. The van der Waals surface area contributed by atoms with Crippen molar-refractivity contribution in [1.82, 2.24) is 0 Å². The van der Waals surface area contributed by atoms with E-state index < -0.39 is 0 Å². The highest BCUT2D eigenvalue weighted by Crippen LogP contribution is 2.37. The Hall–Kier alpha value is -1.71. The third-order valence-corrected chi connectivity index (χ3v) is 3.48. The van der Waals surface area contributed by atoms with E-state index in [9.17, 15) is 4.79 Å². The van der Waals surface area contributed by atoms with Gasteiger partial charge in [-0.25, -0.2) is 4.79 Å². The molecule has 2 rings (SSSR count). The summed E-state index contributed by atoms with van der Waals surface area (Å²) in [6.07, 6.45) is 3.70. The van der Waals surface area contributed by atoms with Crippen molar-refractivity contribution in [2.45, 2.75) is 39.2 Å². The molecule has 3 N–H and O–H groups in total. The molecule has 0 heterocycles. The topological polar surface area (TPSA) is 64.3 Å². The van der Waals surface area contributed by atoms with Gasteiger partial charge in [-0.15, -0.1) is 0 Å². The molecule has 0 bridgehead atoms. The van der Waals surface area contributed by atoms with E-state index in [2.05, 4.69) is 12.2 Å². The van der Waals surface area contributed by atoms with Crippen molar-refractivity contribution >= 4 is 17.3 Å². The minimum atomic E-state index is -0.357. The summed E-state index contributed by atoms with van der Waals surface area (Å²) in [5.74, 6) is 0.415. The van der Waals surface area contributed by atoms with Gasteiger partial charge in [0.1, 0.15) is 0 Å². The normalized spacial score (nSPS) is 20.9. The monoisotopic (exact) mass is 262 g/mol. The van der Waals surface area contributed by atoms with Crippen LogP contribution in [-0.2, 0) is 4.74 Å². The lowest BCUT2D eigenvalue weighted by atomic mass is 10.1. The van der Waals surface area contributed by atoms with Gasteiger partial charge in [-0.2, -0.15) is 0 Å². The Labute approximate surface area is 114 Å². The molecule has 2 unspecified atom stereocenters. The molecule has 0 radical (unpaired) electrons. The van der Waals surface area contributed by atoms with Gasteiger partial charge in [-0.3, -0.25) is 0 Å². The second kappa shape index (κ2) is 5.95. The SMILES string of the molecule is CCCC1CC1Nc1ccc(N)c(C(=O)OCC)c1. The summed E-state index contributed by atoms with van der Waals surface area (Å²) in [6.45, 7) is 4.35. The molecule has 1 aromatic carbocycles. The number of rotatable bonds is 6. The van der Waals surface area contributed by atoms with Crippen molar-refractivity contribution in [2.75, 3.05) is 17.7 Å². The summed E-state index contributed by atoms with van der Waals surface area (Å²) < 4.78 is 5.00. The quantitative estimate of drug-likeness (QED) is 0.611. The molecule has 0 saturated heterocycles. The van der Waals surface area contributed by atoms with E-state index in [1.807, 2.05) is 6.07 Å². The van der Waals surface area contributed by atoms with Gasteiger partial charge in [-0.05, 0) is 43.9 Å². The van der Waals surface area contributed by atoms with Crippen LogP contribution in [0.4, 0.5) is 11.4 Å². The first-order valence-electron chi connectivity index (χ1n) is 6.98. The number of anilines is 2. The second-order valence-electron chi connectivity index (χ2n) is 5.06.